The molecule has 0 spiro atoms. The fraction of sp³-hybridized carbons (Fsp3) is 0.182. The molecule has 5 heteroatoms. The van der Waals surface area contributed by atoms with Crippen LogP contribution in [0.4, 0.5) is 13.2 Å². The fourth-order valence-corrected chi connectivity index (χ4v) is 3.42. The molecule has 0 bridgehead atoms. The molecule has 2 unspecified atom stereocenters. The van der Waals surface area contributed by atoms with Crippen molar-refractivity contribution in [2.45, 2.75) is 18.0 Å². The van der Waals surface area contributed by atoms with E-state index in [0.29, 0.717) is 21.9 Å². The van der Waals surface area contributed by atoms with E-state index in [2.05, 4.69) is 0 Å². The number of methoxy groups -OCH3 is 1. The summed E-state index contributed by atoms with van der Waals surface area (Å²) in [6.45, 7) is 0. The zero-order chi connectivity index (χ0) is 19.4. The highest BCUT2D eigenvalue weighted by Gasteiger charge is 2.46. The predicted molar refractivity (Wildman–Crippen MR) is 102 cm³/mol. The summed E-state index contributed by atoms with van der Waals surface area (Å²) in [5.74, 6) is -2.00. The first kappa shape index (κ1) is 19.3. The van der Waals surface area contributed by atoms with Gasteiger partial charge in [-0.05, 0) is 41.0 Å². The summed E-state index contributed by atoms with van der Waals surface area (Å²) in [5.41, 5.74) is 1.34. The molecule has 0 N–H and O–H groups in total. The predicted octanol–water partition coefficient (Wildman–Crippen LogP) is 6.83. The molecule has 0 fully saturated rings. The van der Waals surface area contributed by atoms with Crippen molar-refractivity contribution in [2.24, 2.45) is 0 Å². The van der Waals surface area contributed by atoms with E-state index in [1.165, 1.54) is 31.4 Å². The van der Waals surface area contributed by atoms with Crippen LogP contribution in [0.2, 0.25) is 5.02 Å². The van der Waals surface area contributed by atoms with Crippen LogP contribution in [0.3, 0.4) is 0 Å². The van der Waals surface area contributed by atoms with E-state index in [9.17, 15) is 13.2 Å². The Balaban J connectivity index is 2.17. The first-order chi connectivity index (χ1) is 12.9. The molecule has 0 aliphatic rings. The highest BCUT2D eigenvalue weighted by atomic mass is 35.5. The highest BCUT2D eigenvalue weighted by molar-refractivity contribution is 6.30. The molecule has 0 aliphatic carbocycles. The Hall–Kier alpha value is -2.46. The van der Waals surface area contributed by atoms with Crippen molar-refractivity contribution in [1.29, 1.82) is 0 Å². The van der Waals surface area contributed by atoms with Crippen LogP contribution >= 0.6 is 11.6 Å². The Kier molecular flexibility index (Phi) is 5.76. The molecule has 140 valence electrons. The topological polar surface area (TPSA) is 9.23 Å². The molecule has 0 aliphatic heterocycles. The van der Waals surface area contributed by atoms with Gasteiger partial charge in [0.05, 0.1) is 13.0 Å². The third-order valence-corrected chi connectivity index (χ3v) is 4.80. The average Bonchev–Trinajstić information content (AvgIpc) is 2.67. The molecule has 0 amide bonds. The quantitative estimate of drug-likeness (QED) is 0.464. The van der Waals surface area contributed by atoms with Crippen molar-refractivity contribution in [1.82, 2.24) is 0 Å². The molecule has 0 saturated heterocycles. The second-order valence-corrected chi connectivity index (χ2v) is 6.67. The maximum Gasteiger partial charge on any atom is 0.396 e. The van der Waals surface area contributed by atoms with Gasteiger partial charge in [-0.1, -0.05) is 66.2 Å². The van der Waals surface area contributed by atoms with Gasteiger partial charge in [0.1, 0.15) is 5.75 Å². The van der Waals surface area contributed by atoms with E-state index in [-0.39, 0.29) is 5.56 Å². The number of hydrogen-bond acceptors (Lipinski definition) is 1. The average molecular weight is 391 g/mol. The van der Waals surface area contributed by atoms with Crippen molar-refractivity contribution in [2.75, 3.05) is 7.11 Å². The Morgan fingerprint density at radius 3 is 1.78 bits per heavy atom. The van der Waals surface area contributed by atoms with Crippen molar-refractivity contribution >= 4 is 11.6 Å². The van der Waals surface area contributed by atoms with Gasteiger partial charge in [-0.25, -0.2) is 0 Å². The Bertz CT molecular complexity index is 859. The van der Waals surface area contributed by atoms with Crippen LogP contribution in [-0.4, -0.2) is 13.3 Å². The van der Waals surface area contributed by atoms with E-state index in [4.69, 9.17) is 16.3 Å². The number of halogens is 4. The summed E-state index contributed by atoms with van der Waals surface area (Å²) in [5, 5.41) is 0.403. The lowest BCUT2D eigenvalue weighted by molar-refractivity contribution is -0.153. The molecule has 3 aromatic carbocycles. The maximum atomic E-state index is 14.2. The van der Waals surface area contributed by atoms with Crippen molar-refractivity contribution in [3.8, 4) is 5.75 Å². The van der Waals surface area contributed by atoms with E-state index in [0.717, 1.165) is 0 Å². The first-order valence-electron chi connectivity index (χ1n) is 8.41. The number of ether oxygens (including phenoxy) is 1. The zero-order valence-electron chi connectivity index (χ0n) is 14.6. The van der Waals surface area contributed by atoms with E-state index >= 15 is 0 Å². The minimum absolute atomic E-state index is 0.177. The summed E-state index contributed by atoms with van der Waals surface area (Å²) in [6, 6.07) is 21.4. The van der Waals surface area contributed by atoms with Gasteiger partial charge in [-0.15, -0.1) is 0 Å². The molecule has 3 rings (SSSR count). The number of benzene rings is 3. The molecule has 2 atom stereocenters. The Morgan fingerprint density at radius 2 is 1.26 bits per heavy atom. The lowest BCUT2D eigenvalue weighted by atomic mass is 9.76. The molecule has 1 nitrogen and oxygen atoms in total. The molecular formula is C22H18ClF3O. The molecule has 27 heavy (non-hydrogen) atoms. The third kappa shape index (κ3) is 4.45. The van der Waals surface area contributed by atoms with Gasteiger partial charge in [-0.2, -0.15) is 13.2 Å². The number of rotatable bonds is 5. The zero-order valence-corrected chi connectivity index (χ0v) is 15.3. The standard InChI is InChI=1S/C22H18ClF3O/c1-27-19-13-9-16(10-14-19)20(15-5-3-2-4-6-15)21(22(24,25)26)17-7-11-18(23)12-8-17/h2-14,20-21H,1H3. The van der Waals surface area contributed by atoms with Crippen molar-refractivity contribution in [3.05, 3.63) is 101 Å². The molecule has 3 aromatic rings. The van der Waals surface area contributed by atoms with Gasteiger partial charge in [0.25, 0.3) is 0 Å². The fourth-order valence-electron chi connectivity index (χ4n) is 3.29. The normalized spacial score (nSPS) is 13.8. The smallest absolute Gasteiger partial charge is 0.396 e. The molecular weight excluding hydrogens is 373 g/mol. The van der Waals surface area contributed by atoms with Crippen LogP contribution in [0.25, 0.3) is 0 Å². The van der Waals surface area contributed by atoms with Gasteiger partial charge >= 0.3 is 6.18 Å². The number of alkyl halides is 3. The van der Waals surface area contributed by atoms with Crippen LogP contribution < -0.4 is 4.74 Å². The van der Waals surface area contributed by atoms with E-state index in [1.54, 1.807) is 54.6 Å². The second-order valence-electron chi connectivity index (χ2n) is 6.23. The summed E-state index contributed by atoms with van der Waals surface area (Å²) in [4.78, 5) is 0. The van der Waals surface area contributed by atoms with Gasteiger partial charge in [0, 0.05) is 10.9 Å². The van der Waals surface area contributed by atoms with E-state index in [1.807, 2.05) is 0 Å². The Labute approximate surface area is 161 Å². The first-order valence-corrected chi connectivity index (χ1v) is 8.79. The lowest BCUT2D eigenvalue weighted by Gasteiger charge is -2.30. The lowest BCUT2D eigenvalue weighted by Crippen LogP contribution is -2.28. The Morgan fingerprint density at radius 1 is 0.741 bits per heavy atom. The van der Waals surface area contributed by atoms with Crippen LogP contribution in [0.5, 0.6) is 5.75 Å². The largest absolute Gasteiger partial charge is 0.497 e. The molecule has 0 radical (unpaired) electrons. The van der Waals surface area contributed by atoms with Crippen LogP contribution in [0, 0.1) is 0 Å². The van der Waals surface area contributed by atoms with Crippen molar-refractivity contribution in [3.63, 3.8) is 0 Å². The monoisotopic (exact) mass is 390 g/mol. The third-order valence-electron chi connectivity index (χ3n) is 4.55. The SMILES string of the molecule is COc1ccc(C(c2ccccc2)C(c2ccc(Cl)cc2)C(F)(F)F)cc1. The van der Waals surface area contributed by atoms with Crippen LogP contribution in [0.1, 0.15) is 28.5 Å². The summed E-state index contributed by atoms with van der Waals surface area (Å²) < 4.78 is 47.8. The van der Waals surface area contributed by atoms with E-state index < -0.39 is 18.0 Å². The van der Waals surface area contributed by atoms with Gasteiger partial charge in [-0.3, -0.25) is 0 Å². The maximum absolute atomic E-state index is 14.2. The number of hydrogen-bond donors (Lipinski definition) is 0. The minimum atomic E-state index is -4.44. The van der Waals surface area contributed by atoms with Gasteiger partial charge in [0.15, 0.2) is 0 Å². The highest BCUT2D eigenvalue weighted by Crippen LogP contribution is 2.48. The van der Waals surface area contributed by atoms with Gasteiger partial charge < -0.3 is 4.74 Å². The second kappa shape index (κ2) is 8.05. The van der Waals surface area contributed by atoms with Crippen molar-refractivity contribution < 1.29 is 17.9 Å². The van der Waals surface area contributed by atoms with Crippen LogP contribution in [-0.2, 0) is 0 Å². The molecule has 0 aromatic heterocycles. The van der Waals surface area contributed by atoms with Gasteiger partial charge in [0.2, 0.25) is 0 Å². The molecule has 0 saturated carbocycles. The molecule has 0 heterocycles. The minimum Gasteiger partial charge on any atom is -0.497 e. The van der Waals surface area contributed by atoms with Crippen LogP contribution in [0.15, 0.2) is 78.9 Å². The summed E-state index contributed by atoms with van der Waals surface area (Å²) in [7, 11) is 1.52. The summed E-state index contributed by atoms with van der Waals surface area (Å²) >= 11 is 5.88. The summed E-state index contributed by atoms with van der Waals surface area (Å²) in [6.07, 6.45) is -4.44.